The lowest BCUT2D eigenvalue weighted by Gasteiger charge is -2.44. The van der Waals surface area contributed by atoms with E-state index in [1.807, 2.05) is 18.7 Å². The van der Waals surface area contributed by atoms with E-state index in [0.29, 0.717) is 22.2 Å². The third-order valence-electron chi connectivity index (χ3n) is 6.38. The van der Waals surface area contributed by atoms with Crippen molar-refractivity contribution in [3.8, 4) is 0 Å². The Morgan fingerprint density at radius 2 is 1.97 bits per heavy atom. The Labute approximate surface area is 173 Å². The number of thiophene rings is 1. The molecule has 1 saturated heterocycles. The molecular weight excluding hydrogens is 390 g/mol. The van der Waals surface area contributed by atoms with Crippen LogP contribution in [0.1, 0.15) is 49.0 Å². The maximum absolute atomic E-state index is 12.7. The van der Waals surface area contributed by atoms with Crippen LogP contribution in [0.25, 0.3) is 10.2 Å². The van der Waals surface area contributed by atoms with Crippen molar-refractivity contribution < 1.29 is 14.3 Å². The molecule has 4 rings (SSSR count). The van der Waals surface area contributed by atoms with Crippen LogP contribution in [0.2, 0.25) is 0 Å². The molecule has 0 radical (unpaired) electrons. The summed E-state index contributed by atoms with van der Waals surface area (Å²) in [5.74, 6) is -0.130. The third-order valence-corrected chi connectivity index (χ3v) is 7.49. The molecule has 0 aromatic carbocycles. The lowest BCUT2D eigenvalue weighted by Crippen LogP contribution is -2.51. The predicted molar refractivity (Wildman–Crippen MR) is 111 cm³/mol. The van der Waals surface area contributed by atoms with Gasteiger partial charge in [-0.1, -0.05) is 12.8 Å². The zero-order chi connectivity index (χ0) is 20.5. The highest BCUT2D eigenvalue weighted by Gasteiger charge is 2.35. The Hall–Kier alpha value is -2.22. The first-order valence-electron chi connectivity index (χ1n) is 10.4. The van der Waals surface area contributed by atoms with E-state index in [0.717, 1.165) is 36.2 Å². The van der Waals surface area contributed by atoms with Crippen molar-refractivity contribution >= 4 is 33.4 Å². The van der Waals surface area contributed by atoms with Crippen LogP contribution >= 0.6 is 11.3 Å². The fraction of sp³-hybridized carbons (Fsp3) is 0.619. The highest BCUT2D eigenvalue weighted by Crippen LogP contribution is 2.35. The van der Waals surface area contributed by atoms with Gasteiger partial charge in [0.1, 0.15) is 11.4 Å². The first-order valence-corrected chi connectivity index (χ1v) is 11.2. The van der Waals surface area contributed by atoms with Crippen molar-refractivity contribution in [1.29, 1.82) is 0 Å². The van der Waals surface area contributed by atoms with E-state index in [-0.39, 0.29) is 24.6 Å². The monoisotopic (exact) mass is 417 g/mol. The second-order valence-electron chi connectivity index (χ2n) is 8.14. The summed E-state index contributed by atoms with van der Waals surface area (Å²) in [5, 5.41) is 0.551. The van der Waals surface area contributed by atoms with E-state index in [9.17, 15) is 14.4 Å². The number of aryl methyl sites for hydroxylation is 2. The maximum Gasteiger partial charge on any atom is 0.326 e. The topological polar surface area (TPSA) is 81.5 Å². The van der Waals surface area contributed by atoms with Gasteiger partial charge in [0.05, 0.1) is 11.7 Å². The van der Waals surface area contributed by atoms with E-state index in [1.54, 1.807) is 0 Å². The van der Waals surface area contributed by atoms with Crippen molar-refractivity contribution in [1.82, 2.24) is 14.5 Å². The summed E-state index contributed by atoms with van der Waals surface area (Å²) in [6.45, 7) is 4.07. The molecule has 1 amide bonds. The number of likely N-dealkylation sites (tertiary alicyclic amines) is 1. The van der Waals surface area contributed by atoms with Gasteiger partial charge in [-0.15, -0.1) is 11.3 Å². The summed E-state index contributed by atoms with van der Waals surface area (Å²) in [6.07, 6.45) is 8.22. The normalized spacial score (nSPS) is 21.8. The molecule has 3 heterocycles. The van der Waals surface area contributed by atoms with Gasteiger partial charge in [-0.05, 0) is 51.0 Å². The molecule has 0 bridgehead atoms. The molecule has 1 aliphatic heterocycles. The van der Waals surface area contributed by atoms with Gasteiger partial charge in [-0.3, -0.25) is 19.0 Å². The van der Waals surface area contributed by atoms with E-state index in [1.165, 1.54) is 41.5 Å². The highest BCUT2D eigenvalue weighted by atomic mass is 32.1. The molecule has 156 valence electrons. The van der Waals surface area contributed by atoms with Gasteiger partial charge < -0.3 is 9.64 Å². The Kier molecular flexibility index (Phi) is 5.72. The van der Waals surface area contributed by atoms with Gasteiger partial charge in [0.2, 0.25) is 0 Å². The Morgan fingerprint density at radius 1 is 1.21 bits per heavy atom. The lowest BCUT2D eigenvalue weighted by molar-refractivity contribution is -0.155. The number of ether oxygens (including phenoxy) is 1. The summed E-state index contributed by atoms with van der Waals surface area (Å²) >= 11 is 1.47. The second-order valence-corrected chi connectivity index (χ2v) is 9.35. The number of carbonyl (C=O) groups excluding carboxylic acids is 2. The molecule has 2 fully saturated rings. The van der Waals surface area contributed by atoms with Gasteiger partial charge in [0.15, 0.2) is 6.61 Å². The van der Waals surface area contributed by atoms with Gasteiger partial charge in [-0.25, -0.2) is 4.98 Å². The minimum Gasteiger partial charge on any atom is -0.454 e. The molecule has 2 aromatic rings. The zero-order valence-corrected chi connectivity index (χ0v) is 17.8. The number of amides is 1. The molecule has 8 heteroatoms. The number of hydrogen-bond donors (Lipinski definition) is 0. The largest absolute Gasteiger partial charge is 0.454 e. The van der Waals surface area contributed by atoms with Crippen molar-refractivity contribution in [2.45, 2.75) is 65.0 Å². The van der Waals surface area contributed by atoms with E-state index < -0.39 is 5.97 Å². The number of hydrogen-bond acceptors (Lipinski definition) is 6. The standard InChI is InChI=1S/C21H27N3O4S/c1-13-14(2)29-20-19(13)21(27)23(12-22-20)10-18(26)28-11-17(25)24-9-5-7-15-6-3-4-8-16(15)24/h12,15-16H,3-11H2,1-2H3/t15-,16-/m1/s1. The van der Waals surface area contributed by atoms with Gasteiger partial charge >= 0.3 is 5.97 Å². The summed E-state index contributed by atoms with van der Waals surface area (Å²) in [5.41, 5.74) is 0.647. The van der Waals surface area contributed by atoms with Crippen LogP contribution < -0.4 is 5.56 Å². The Balaban J connectivity index is 1.38. The second kappa shape index (κ2) is 8.26. The summed E-state index contributed by atoms with van der Waals surface area (Å²) in [4.78, 5) is 45.6. The first-order chi connectivity index (χ1) is 14.0. The molecular formula is C21H27N3O4S. The van der Waals surface area contributed by atoms with Crippen molar-refractivity contribution in [2.75, 3.05) is 13.2 Å². The zero-order valence-electron chi connectivity index (χ0n) is 17.0. The van der Waals surface area contributed by atoms with Crippen LogP contribution in [-0.4, -0.2) is 45.5 Å². The van der Waals surface area contributed by atoms with Crippen LogP contribution in [-0.2, 0) is 20.9 Å². The molecule has 29 heavy (non-hydrogen) atoms. The predicted octanol–water partition coefficient (Wildman–Crippen LogP) is 2.80. The van der Waals surface area contributed by atoms with Crippen molar-refractivity contribution in [3.63, 3.8) is 0 Å². The van der Waals surface area contributed by atoms with Crippen LogP contribution in [0, 0.1) is 19.8 Å². The van der Waals surface area contributed by atoms with E-state index >= 15 is 0 Å². The number of piperidine rings is 1. The lowest BCUT2D eigenvalue weighted by atomic mass is 9.78. The summed E-state index contributed by atoms with van der Waals surface area (Å²) < 4.78 is 6.48. The van der Waals surface area contributed by atoms with E-state index in [4.69, 9.17) is 4.74 Å². The number of esters is 1. The minimum atomic E-state index is -0.594. The van der Waals surface area contributed by atoms with Gasteiger partial charge in [-0.2, -0.15) is 0 Å². The quantitative estimate of drug-likeness (QED) is 0.715. The first kappa shape index (κ1) is 20.1. The molecule has 0 unspecified atom stereocenters. The molecule has 2 atom stereocenters. The molecule has 0 N–H and O–H groups in total. The molecule has 1 aliphatic carbocycles. The number of aromatic nitrogens is 2. The number of nitrogens with zero attached hydrogens (tertiary/aromatic N) is 3. The molecule has 7 nitrogen and oxygen atoms in total. The fourth-order valence-corrected chi connectivity index (χ4v) is 5.71. The molecule has 1 saturated carbocycles. The number of carbonyl (C=O) groups is 2. The SMILES string of the molecule is Cc1sc2ncn(CC(=O)OCC(=O)N3CCC[C@H]4CCCC[C@H]43)c(=O)c2c1C. The Morgan fingerprint density at radius 3 is 2.79 bits per heavy atom. The molecule has 0 spiro atoms. The third kappa shape index (κ3) is 3.95. The van der Waals surface area contributed by atoms with Crippen molar-refractivity contribution in [2.24, 2.45) is 5.92 Å². The fourth-order valence-electron chi connectivity index (χ4n) is 4.73. The maximum atomic E-state index is 12.7. The summed E-state index contributed by atoms with van der Waals surface area (Å²) in [6, 6.07) is 0.294. The van der Waals surface area contributed by atoms with E-state index in [2.05, 4.69) is 4.98 Å². The van der Waals surface area contributed by atoms with Gasteiger partial charge in [0.25, 0.3) is 11.5 Å². The van der Waals surface area contributed by atoms with Gasteiger partial charge in [0, 0.05) is 17.5 Å². The minimum absolute atomic E-state index is 0.125. The molecule has 2 aliphatic rings. The average molecular weight is 418 g/mol. The van der Waals surface area contributed by atoms with Crippen LogP contribution in [0.4, 0.5) is 0 Å². The number of rotatable bonds is 4. The average Bonchev–Trinajstić information content (AvgIpc) is 3.02. The van der Waals surface area contributed by atoms with Crippen molar-refractivity contribution in [3.05, 3.63) is 27.1 Å². The smallest absolute Gasteiger partial charge is 0.326 e. The highest BCUT2D eigenvalue weighted by molar-refractivity contribution is 7.18. The molecule has 2 aromatic heterocycles. The van der Waals surface area contributed by atoms with Crippen LogP contribution in [0.5, 0.6) is 0 Å². The Bertz CT molecular complexity index is 994. The van der Waals surface area contributed by atoms with Crippen LogP contribution in [0.3, 0.4) is 0 Å². The van der Waals surface area contributed by atoms with Crippen LogP contribution in [0.15, 0.2) is 11.1 Å². The number of fused-ring (bicyclic) bond motifs is 2. The summed E-state index contributed by atoms with van der Waals surface area (Å²) in [7, 11) is 0.